The Hall–Kier alpha value is -2.17. The molecule has 0 bridgehead atoms. The monoisotopic (exact) mass is 426 g/mol. The SMILES string of the molecule is Cc1ccccc1[C@H]1[C@@H]2CN(C(=O)CCCC(=O)c3ccccc3)C[C@@H]2CN1C.Cl. The second-order valence-electron chi connectivity index (χ2n) is 8.61. The average molecular weight is 427 g/mol. The molecule has 2 aliphatic heterocycles. The van der Waals surface area contributed by atoms with Gasteiger partial charge in [-0.05, 0) is 37.4 Å². The van der Waals surface area contributed by atoms with Gasteiger partial charge in [0.2, 0.25) is 5.91 Å². The second-order valence-corrected chi connectivity index (χ2v) is 8.61. The van der Waals surface area contributed by atoms with Gasteiger partial charge in [0.1, 0.15) is 0 Å². The van der Waals surface area contributed by atoms with Gasteiger partial charge in [-0.25, -0.2) is 0 Å². The van der Waals surface area contributed by atoms with Crippen LogP contribution in [0.5, 0.6) is 0 Å². The van der Waals surface area contributed by atoms with Gasteiger partial charge in [0.05, 0.1) is 0 Å². The molecule has 2 aromatic carbocycles. The van der Waals surface area contributed by atoms with Crippen molar-refractivity contribution in [3.05, 3.63) is 71.3 Å². The number of benzene rings is 2. The van der Waals surface area contributed by atoms with E-state index in [4.69, 9.17) is 0 Å². The van der Waals surface area contributed by atoms with Crippen LogP contribution in [-0.2, 0) is 4.79 Å². The molecule has 4 nitrogen and oxygen atoms in total. The van der Waals surface area contributed by atoms with Gasteiger partial charge in [0, 0.05) is 50.0 Å². The van der Waals surface area contributed by atoms with E-state index in [0.29, 0.717) is 37.1 Å². The number of likely N-dealkylation sites (tertiary alicyclic amines) is 2. The van der Waals surface area contributed by atoms with Crippen molar-refractivity contribution in [2.75, 3.05) is 26.7 Å². The summed E-state index contributed by atoms with van der Waals surface area (Å²) in [6.45, 7) is 4.90. The van der Waals surface area contributed by atoms with Gasteiger partial charge >= 0.3 is 0 Å². The predicted octanol–water partition coefficient (Wildman–Crippen LogP) is 4.53. The molecule has 0 saturated carbocycles. The fourth-order valence-electron chi connectivity index (χ4n) is 5.17. The average Bonchev–Trinajstić information content (AvgIpc) is 3.26. The van der Waals surface area contributed by atoms with Crippen LogP contribution in [0.1, 0.15) is 46.8 Å². The van der Waals surface area contributed by atoms with Crippen LogP contribution in [-0.4, -0.2) is 48.2 Å². The number of carbonyl (C=O) groups is 2. The minimum absolute atomic E-state index is 0. The van der Waals surface area contributed by atoms with E-state index < -0.39 is 0 Å². The van der Waals surface area contributed by atoms with E-state index in [1.165, 1.54) is 11.1 Å². The smallest absolute Gasteiger partial charge is 0.222 e. The van der Waals surface area contributed by atoms with Gasteiger partial charge < -0.3 is 4.90 Å². The summed E-state index contributed by atoms with van der Waals surface area (Å²) in [7, 11) is 2.21. The zero-order valence-corrected chi connectivity index (χ0v) is 18.6. The molecule has 2 saturated heterocycles. The topological polar surface area (TPSA) is 40.6 Å². The Morgan fingerprint density at radius 1 is 0.933 bits per heavy atom. The van der Waals surface area contributed by atoms with Gasteiger partial charge in [0.15, 0.2) is 5.78 Å². The van der Waals surface area contributed by atoms with Crippen LogP contribution < -0.4 is 0 Å². The summed E-state index contributed by atoms with van der Waals surface area (Å²) >= 11 is 0. The molecule has 0 spiro atoms. The number of hydrogen-bond acceptors (Lipinski definition) is 3. The summed E-state index contributed by atoms with van der Waals surface area (Å²) in [4.78, 5) is 29.5. The van der Waals surface area contributed by atoms with Crippen LogP contribution in [0.25, 0.3) is 0 Å². The number of amides is 1. The Morgan fingerprint density at radius 2 is 1.63 bits per heavy atom. The van der Waals surface area contributed by atoms with Crippen LogP contribution in [0.3, 0.4) is 0 Å². The molecule has 0 aromatic heterocycles. The lowest BCUT2D eigenvalue weighted by Crippen LogP contribution is -2.33. The molecule has 0 aliphatic carbocycles. The number of Topliss-reactive ketones (excluding diaryl/α,β-unsaturated/α-hetero) is 1. The van der Waals surface area contributed by atoms with Crippen LogP contribution in [0.15, 0.2) is 54.6 Å². The van der Waals surface area contributed by atoms with Gasteiger partial charge in [-0.15, -0.1) is 12.4 Å². The first-order valence-corrected chi connectivity index (χ1v) is 10.7. The summed E-state index contributed by atoms with van der Waals surface area (Å²) in [6.07, 6.45) is 1.52. The lowest BCUT2D eigenvalue weighted by atomic mass is 9.88. The molecule has 5 heteroatoms. The van der Waals surface area contributed by atoms with E-state index in [1.807, 2.05) is 35.2 Å². The molecule has 0 unspecified atom stereocenters. The Morgan fingerprint density at radius 3 is 2.37 bits per heavy atom. The summed E-state index contributed by atoms with van der Waals surface area (Å²) in [5, 5.41) is 0. The van der Waals surface area contributed by atoms with Crippen molar-refractivity contribution in [3.63, 3.8) is 0 Å². The largest absolute Gasteiger partial charge is 0.342 e. The van der Waals surface area contributed by atoms with Crippen LogP contribution in [0.4, 0.5) is 0 Å². The third-order valence-electron chi connectivity index (χ3n) is 6.64. The maximum atomic E-state index is 12.8. The highest BCUT2D eigenvalue weighted by atomic mass is 35.5. The zero-order valence-electron chi connectivity index (χ0n) is 17.8. The predicted molar refractivity (Wildman–Crippen MR) is 122 cm³/mol. The maximum absolute atomic E-state index is 12.8. The quantitative estimate of drug-likeness (QED) is 0.637. The highest BCUT2D eigenvalue weighted by Crippen LogP contribution is 2.44. The Labute approximate surface area is 185 Å². The minimum atomic E-state index is 0. The highest BCUT2D eigenvalue weighted by molar-refractivity contribution is 5.96. The number of rotatable bonds is 6. The summed E-state index contributed by atoms with van der Waals surface area (Å²) in [5.41, 5.74) is 3.46. The number of nitrogens with zero attached hydrogens (tertiary/aromatic N) is 2. The molecule has 2 fully saturated rings. The second kappa shape index (κ2) is 9.76. The molecule has 2 aliphatic rings. The van der Waals surface area contributed by atoms with Crippen molar-refractivity contribution >= 4 is 24.1 Å². The van der Waals surface area contributed by atoms with Crippen LogP contribution in [0, 0.1) is 18.8 Å². The van der Waals surface area contributed by atoms with Gasteiger partial charge in [0.25, 0.3) is 0 Å². The van der Waals surface area contributed by atoms with E-state index in [2.05, 4.69) is 43.1 Å². The Balaban J connectivity index is 0.00000256. The molecule has 3 atom stereocenters. The maximum Gasteiger partial charge on any atom is 0.222 e. The summed E-state index contributed by atoms with van der Waals surface area (Å²) in [5.74, 6) is 1.36. The number of hydrogen-bond donors (Lipinski definition) is 0. The van der Waals surface area contributed by atoms with E-state index in [9.17, 15) is 9.59 Å². The summed E-state index contributed by atoms with van der Waals surface area (Å²) < 4.78 is 0. The molecule has 160 valence electrons. The molecule has 30 heavy (non-hydrogen) atoms. The van der Waals surface area contributed by atoms with Crippen molar-refractivity contribution in [1.82, 2.24) is 9.80 Å². The molecular weight excluding hydrogens is 396 g/mol. The van der Waals surface area contributed by atoms with E-state index in [0.717, 1.165) is 25.2 Å². The van der Waals surface area contributed by atoms with Crippen molar-refractivity contribution in [2.45, 2.75) is 32.2 Å². The lowest BCUT2D eigenvalue weighted by molar-refractivity contribution is -0.130. The Bertz CT molecular complexity index is 886. The number of fused-ring (bicyclic) bond motifs is 1. The fourth-order valence-corrected chi connectivity index (χ4v) is 5.17. The number of carbonyl (C=O) groups excluding carboxylic acids is 2. The van der Waals surface area contributed by atoms with Gasteiger partial charge in [-0.3, -0.25) is 14.5 Å². The van der Waals surface area contributed by atoms with Crippen molar-refractivity contribution in [2.24, 2.45) is 11.8 Å². The molecular formula is C25H31ClN2O2. The van der Waals surface area contributed by atoms with E-state index in [1.54, 1.807) is 0 Å². The first kappa shape index (κ1) is 22.5. The molecule has 0 N–H and O–H groups in total. The van der Waals surface area contributed by atoms with Crippen molar-refractivity contribution < 1.29 is 9.59 Å². The van der Waals surface area contributed by atoms with Gasteiger partial charge in [-0.2, -0.15) is 0 Å². The van der Waals surface area contributed by atoms with Crippen LogP contribution in [0.2, 0.25) is 0 Å². The number of aryl methyl sites for hydroxylation is 1. The zero-order chi connectivity index (χ0) is 20.4. The fraction of sp³-hybridized carbons (Fsp3) is 0.440. The molecule has 2 aromatic rings. The van der Waals surface area contributed by atoms with E-state index >= 15 is 0 Å². The molecule has 0 radical (unpaired) electrons. The normalized spacial score (nSPS) is 23.1. The molecule has 4 rings (SSSR count). The third kappa shape index (κ3) is 4.60. The molecule has 2 heterocycles. The number of ketones is 1. The lowest BCUT2D eigenvalue weighted by Gasteiger charge is -2.28. The van der Waals surface area contributed by atoms with Crippen LogP contribution >= 0.6 is 12.4 Å². The first-order chi connectivity index (χ1) is 14.0. The van der Waals surface area contributed by atoms with Crippen molar-refractivity contribution in [1.29, 1.82) is 0 Å². The standard InChI is InChI=1S/C25H30N2O2.ClH/c1-18-9-6-7-12-21(18)25-22-17-27(16-20(22)15-26(25)2)24(29)14-8-13-23(28)19-10-4-3-5-11-19;/h3-7,9-12,20,22,25H,8,13-17H2,1-2H3;1H/t20-,22+,25-;/m0./s1. The van der Waals surface area contributed by atoms with Gasteiger partial charge in [-0.1, -0.05) is 54.6 Å². The number of halogens is 1. The third-order valence-corrected chi connectivity index (χ3v) is 6.64. The first-order valence-electron chi connectivity index (χ1n) is 10.7. The van der Waals surface area contributed by atoms with E-state index in [-0.39, 0.29) is 24.1 Å². The minimum Gasteiger partial charge on any atom is -0.342 e. The molecule has 1 amide bonds. The summed E-state index contributed by atoms with van der Waals surface area (Å²) in [6, 6.07) is 18.4. The Kier molecular flexibility index (Phi) is 7.32. The highest BCUT2D eigenvalue weighted by Gasteiger charge is 2.47. The van der Waals surface area contributed by atoms with Crippen molar-refractivity contribution in [3.8, 4) is 0 Å².